The third-order valence-corrected chi connectivity index (χ3v) is 11.0. The van der Waals surface area contributed by atoms with Gasteiger partial charge < -0.3 is 24.4 Å². The lowest BCUT2D eigenvalue weighted by molar-refractivity contribution is -0.150. The first kappa shape index (κ1) is 57.4. The summed E-state index contributed by atoms with van der Waals surface area (Å²) in [7, 11) is 1.54. The van der Waals surface area contributed by atoms with Crippen molar-refractivity contribution in [3.05, 3.63) is 0 Å². The van der Waals surface area contributed by atoms with Crippen LogP contribution in [0.5, 0.6) is 0 Å². The van der Waals surface area contributed by atoms with Crippen LogP contribution in [-0.4, -0.2) is 75.4 Å². The lowest BCUT2D eigenvalue weighted by Gasteiger charge is -2.22. The van der Waals surface area contributed by atoms with E-state index in [1.807, 2.05) is 0 Å². The van der Waals surface area contributed by atoms with Gasteiger partial charge in [0.25, 0.3) is 0 Å². The Morgan fingerprint density at radius 1 is 0.491 bits per heavy atom. The Morgan fingerprint density at radius 3 is 1.40 bits per heavy atom. The molecule has 0 spiro atoms. The molecule has 0 aromatic carbocycles. The predicted molar refractivity (Wildman–Crippen MR) is 243 cm³/mol. The molecule has 0 aliphatic heterocycles. The molecule has 8 heteroatoms. The van der Waals surface area contributed by atoms with Crippen LogP contribution < -0.4 is 5.32 Å². The van der Waals surface area contributed by atoms with E-state index in [9.17, 15) is 14.4 Å². The number of nitrogens with one attached hydrogen (secondary N) is 1. The van der Waals surface area contributed by atoms with Crippen LogP contribution in [0.3, 0.4) is 0 Å². The lowest BCUT2D eigenvalue weighted by Crippen LogP contribution is -2.32. The van der Waals surface area contributed by atoms with E-state index in [1.54, 1.807) is 0 Å². The summed E-state index contributed by atoms with van der Waals surface area (Å²) in [5, 5.41) is 2.94. The van der Waals surface area contributed by atoms with Crippen LogP contribution in [0.15, 0.2) is 0 Å². The predicted octanol–water partition coefficient (Wildman–Crippen LogP) is 13.5. The fourth-order valence-electron chi connectivity index (χ4n) is 7.45. The van der Waals surface area contributed by atoms with E-state index in [2.05, 4.69) is 31.0 Å². The quantitative estimate of drug-likeness (QED) is 0.0483. The summed E-state index contributed by atoms with van der Waals surface area (Å²) >= 11 is 0. The van der Waals surface area contributed by atoms with Gasteiger partial charge in [-0.2, -0.15) is 0 Å². The third kappa shape index (κ3) is 43.7. The molecule has 0 aromatic rings. The maximum atomic E-state index is 12.8. The van der Waals surface area contributed by atoms with Gasteiger partial charge in [0.15, 0.2) is 0 Å². The molecule has 0 rings (SSSR count). The first-order valence-electron chi connectivity index (χ1n) is 24.3. The van der Waals surface area contributed by atoms with Gasteiger partial charge in [-0.15, -0.1) is 0 Å². The Balaban J connectivity index is 0. The Kier molecular flexibility index (Phi) is 47.4. The number of unbranched alkanes of at least 4 members (excludes halogenated alkanes) is 24. The van der Waals surface area contributed by atoms with E-state index in [-0.39, 0.29) is 38.0 Å². The van der Waals surface area contributed by atoms with Gasteiger partial charge >= 0.3 is 11.9 Å². The van der Waals surface area contributed by atoms with Gasteiger partial charge in [0.1, 0.15) is 12.7 Å². The van der Waals surface area contributed by atoms with Crippen LogP contribution in [0.4, 0.5) is 0 Å². The molecule has 340 valence electrons. The Bertz CT molecular complexity index is 840. The van der Waals surface area contributed by atoms with Gasteiger partial charge in [0, 0.05) is 26.5 Å². The minimum atomic E-state index is -0.0706. The molecule has 0 saturated heterocycles. The number of methoxy groups -OCH3 is 1. The van der Waals surface area contributed by atoms with Crippen molar-refractivity contribution in [3.63, 3.8) is 0 Å². The van der Waals surface area contributed by atoms with Crippen LogP contribution in [0.25, 0.3) is 0 Å². The van der Waals surface area contributed by atoms with Gasteiger partial charge in [0.05, 0.1) is 6.61 Å². The molecule has 0 aliphatic carbocycles. The Morgan fingerprint density at radius 2 is 0.895 bits per heavy atom. The highest BCUT2D eigenvalue weighted by Gasteiger charge is 2.14. The first-order valence-corrected chi connectivity index (χ1v) is 24.3. The SMILES string of the molecule is C.CCCCCCCCCCCOC(=O)CCCCCN(CCCCCCCC(=O)OC(CCCCCCCC)CCCCCCCC)CCCNC(=O)COC. The van der Waals surface area contributed by atoms with E-state index in [0.717, 1.165) is 103 Å². The summed E-state index contributed by atoms with van der Waals surface area (Å²) in [5.41, 5.74) is 0. The largest absolute Gasteiger partial charge is 0.466 e. The van der Waals surface area contributed by atoms with Crippen LogP contribution in [0, 0.1) is 0 Å². The number of amides is 1. The normalized spacial score (nSPS) is 11.3. The molecule has 0 fully saturated rings. The smallest absolute Gasteiger partial charge is 0.306 e. The van der Waals surface area contributed by atoms with E-state index < -0.39 is 0 Å². The maximum absolute atomic E-state index is 12.8. The molecule has 0 aromatic heterocycles. The minimum absolute atomic E-state index is 0. The average molecular weight is 811 g/mol. The van der Waals surface area contributed by atoms with E-state index in [4.69, 9.17) is 14.2 Å². The number of rotatable bonds is 45. The van der Waals surface area contributed by atoms with Gasteiger partial charge in [-0.3, -0.25) is 14.4 Å². The molecule has 1 N–H and O–H groups in total. The highest BCUT2D eigenvalue weighted by Crippen LogP contribution is 2.18. The van der Waals surface area contributed by atoms with Crippen molar-refractivity contribution in [1.82, 2.24) is 10.2 Å². The molecule has 57 heavy (non-hydrogen) atoms. The van der Waals surface area contributed by atoms with E-state index >= 15 is 0 Å². The van der Waals surface area contributed by atoms with Crippen LogP contribution in [0.1, 0.15) is 247 Å². The number of esters is 2. The van der Waals surface area contributed by atoms with Gasteiger partial charge in [-0.25, -0.2) is 0 Å². The summed E-state index contributed by atoms with van der Waals surface area (Å²) in [6, 6.07) is 0. The first-order chi connectivity index (χ1) is 27.5. The van der Waals surface area contributed by atoms with Crippen molar-refractivity contribution in [2.24, 2.45) is 0 Å². The van der Waals surface area contributed by atoms with Gasteiger partial charge in [-0.05, 0) is 83.8 Å². The van der Waals surface area contributed by atoms with Crippen molar-refractivity contribution >= 4 is 17.8 Å². The number of carbonyl (C=O) groups excluding carboxylic acids is 3. The van der Waals surface area contributed by atoms with Crippen molar-refractivity contribution in [1.29, 1.82) is 0 Å². The van der Waals surface area contributed by atoms with Crippen LogP contribution in [-0.2, 0) is 28.6 Å². The highest BCUT2D eigenvalue weighted by atomic mass is 16.5. The molecular weight excluding hydrogens is 713 g/mol. The number of hydrogen-bond donors (Lipinski definition) is 1. The number of carbonyl (C=O) groups is 3. The summed E-state index contributed by atoms with van der Waals surface area (Å²) in [6.07, 6.45) is 39.1. The summed E-state index contributed by atoms with van der Waals surface area (Å²) < 4.78 is 16.5. The Labute approximate surface area is 354 Å². The lowest BCUT2D eigenvalue weighted by atomic mass is 10.0. The monoisotopic (exact) mass is 811 g/mol. The van der Waals surface area contributed by atoms with Crippen molar-refractivity contribution < 1.29 is 28.6 Å². The van der Waals surface area contributed by atoms with E-state index in [1.165, 1.54) is 129 Å². The average Bonchev–Trinajstić information content (AvgIpc) is 3.18. The standard InChI is InChI=1S/C48H94N2O6.CH4/c1-5-8-11-14-17-18-19-25-33-43-55-47(52)37-30-26-32-41-50(42-34-39-49-46(51)44-54-4)40-31-24-20-23-29-38-48(53)56-45(35-27-21-15-12-9-6-2)36-28-22-16-13-10-7-3;/h45H,5-44H2,1-4H3,(H,49,51);1H4. The molecule has 0 bridgehead atoms. The summed E-state index contributed by atoms with van der Waals surface area (Å²) in [4.78, 5) is 39.3. The fourth-order valence-corrected chi connectivity index (χ4v) is 7.45. The molecule has 0 aliphatic rings. The fraction of sp³-hybridized carbons (Fsp3) is 0.939. The minimum Gasteiger partial charge on any atom is -0.466 e. The van der Waals surface area contributed by atoms with Crippen molar-refractivity contribution in [2.75, 3.05) is 46.5 Å². The van der Waals surface area contributed by atoms with E-state index in [0.29, 0.717) is 26.0 Å². The number of nitrogens with zero attached hydrogens (tertiary/aromatic N) is 1. The molecule has 0 atom stereocenters. The van der Waals surface area contributed by atoms with Gasteiger partial charge in [-0.1, -0.05) is 169 Å². The summed E-state index contributed by atoms with van der Waals surface area (Å²) in [6.45, 7) is 11.1. The zero-order valence-electron chi connectivity index (χ0n) is 37.8. The topological polar surface area (TPSA) is 94.2 Å². The second kappa shape index (κ2) is 47.0. The zero-order valence-corrected chi connectivity index (χ0v) is 37.8. The highest BCUT2D eigenvalue weighted by molar-refractivity contribution is 5.77. The summed E-state index contributed by atoms with van der Waals surface area (Å²) in [5.74, 6) is -0.121. The Hall–Kier alpha value is -1.67. The van der Waals surface area contributed by atoms with Crippen LogP contribution in [0.2, 0.25) is 0 Å². The molecule has 0 radical (unpaired) electrons. The molecule has 0 unspecified atom stereocenters. The maximum Gasteiger partial charge on any atom is 0.306 e. The third-order valence-electron chi connectivity index (χ3n) is 11.0. The zero-order chi connectivity index (χ0) is 41.0. The molecule has 1 amide bonds. The molecule has 0 saturated carbocycles. The number of ether oxygens (including phenoxy) is 3. The molecule has 0 heterocycles. The second-order valence-electron chi connectivity index (χ2n) is 16.6. The molecular formula is C49H98N2O6. The number of hydrogen-bond acceptors (Lipinski definition) is 7. The van der Waals surface area contributed by atoms with Crippen molar-refractivity contribution in [2.45, 2.75) is 253 Å². The van der Waals surface area contributed by atoms with Gasteiger partial charge in [0.2, 0.25) is 5.91 Å². The van der Waals surface area contributed by atoms with Crippen molar-refractivity contribution in [3.8, 4) is 0 Å². The van der Waals surface area contributed by atoms with Crippen LogP contribution >= 0.6 is 0 Å². The molecule has 8 nitrogen and oxygen atoms in total. The second-order valence-corrected chi connectivity index (χ2v) is 16.6.